The molecule has 0 saturated carbocycles. The van der Waals surface area contributed by atoms with Gasteiger partial charge in [-0.05, 0) is 13.3 Å². The highest BCUT2D eigenvalue weighted by Crippen LogP contribution is 2.11. The van der Waals surface area contributed by atoms with Gasteiger partial charge in [0.25, 0.3) is 0 Å². The van der Waals surface area contributed by atoms with Crippen LogP contribution in [0.1, 0.15) is 90.9 Å². The summed E-state index contributed by atoms with van der Waals surface area (Å²) in [5, 5.41) is 20.9. The van der Waals surface area contributed by atoms with E-state index in [1.165, 1.54) is 57.8 Å². The fraction of sp³-hybridized carbons (Fsp3) is 0.905. The van der Waals surface area contributed by atoms with Crippen LogP contribution in [-0.2, 0) is 9.59 Å². The molecule has 0 fully saturated rings. The van der Waals surface area contributed by atoms with Gasteiger partial charge in [-0.15, -0.1) is 0 Å². The fourth-order valence-corrected chi connectivity index (χ4v) is 3.16. The zero-order valence-electron chi connectivity index (χ0n) is 17.5. The lowest BCUT2D eigenvalue weighted by Crippen LogP contribution is -2.44. The molecule has 160 valence electrons. The number of aliphatic carboxylic acids is 1. The molecule has 0 heterocycles. The van der Waals surface area contributed by atoms with Crippen molar-refractivity contribution >= 4 is 11.9 Å². The molecule has 1 amide bonds. The minimum absolute atomic E-state index is 0.0258. The van der Waals surface area contributed by atoms with Crippen molar-refractivity contribution in [3.05, 3.63) is 0 Å². The Bertz CT molecular complexity index is 377. The molecule has 0 saturated heterocycles. The van der Waals surface area contributed by atoms with Gasteiger partial charge < -0.3 is 15.5 Å². The third-order valence-electron chi connectivity index (χ3n) is 5.02. The predicted molar refractivity (Wildman–Crippen MR) is 110 cm³/mol. The smallest absolute Gasteiger partial charge is 0.320 e. The maximum absolute atomic E-state index is 11.9. The van der Waals surface area contributed by atoms with E-state index in [0.29, 0.717) is 26.1 Å². The number of hydrogen-bond donors (Lipinski definition) is 3. The van der Waals surface area contributed by atoms with Crippen LogP contribution in [0.2, 0.25) is 0 Å². The Morgan fingerprint density at radius 2 is 1.41 bits per heavy atom. The van der Waals surface area contributed by atoms with Gasteiger partial charge in [0.2, 0.25) is 5.91 Å². The molecule has 0 radical (unpaired) electrons. The van der Waals surface area contributed by atoms with E-state index in [4.69, 9.17) is 10.2 Å². The summed E-state index contributed by atoms with van der Waals surface area (Å²) >= 11 is 0. The second kappa shape index (κ2) is 18.2. The van der Waals surface area contributed by atoms with Crippen LogP contribution in [0.15, 0.2) is 0 Å². The van der Waals surface area contributed by atoms with Crippen LogP contribution in [-0.4, -0.2) is 59.3 Å². The molecule has 0 aromatic carbocycles. The molecule has 1 unspecified atom stereocenters. The highest BCUT2D eigenvalue weighted by atomic mass is 16.4. The van der Waals surface area contributed by atoms with E-state index in [-0.39, 0.29) is 12.5 Å². The number of nitrogens with zero attached hydrogens (tertiary/aromatic N) is 1. The van der Waals surface area contributed by atoms with Crippen LogP contribution >= 0.6 is 0 Å². The molecule has 6 nitrogen and oxygen atoms in total. The maximum Gasteiger partial charge on any atom is 0.320 e. The van der Waals surface area contributed by atoms with Gasteiger partial charge in [0.15, 0.2) is 0 Å². The van der Waals surface area contributed by atoms with Crippen LogP contribution in [0.25, 0.3) is 0 Å². The first-order chi connectivity index (χ1) is 13.0. The third kappa shape index (κ3) is 15.6. The Morgan fingerprint density at radius 1 is 0.889 bits per heavy atom. The van der Waals surface area contributed by atoms with Crippen LogP contribution in [0.4, 0.5) is 0 Å². The summed E-state index contributed by atoms with van der Waals surface area (Å²) in [6, 6.07) is -0.666. The number of hydrogen-bond acceptors (Lipinski definition) is 4. The molecule has 0 aliphatic heterocycles. The molecule has 0 rings (SSSR count). The largest absolute Gasteiger partial charge is 0.480 e. The van der Waals surface area contributed by atoms with E-state index in [9.17, 15) is 9.59 Å². The lowest BCUT2D eigenvalue weighted by atomic mass is 10.1. The van der Waals surface area contributed by atoms with Crippen LogP contribution in [0.5, 0.6) is 0 Å². The molecule has 3 N–H and O–H groups in total. The summed E-state index contributed by atoms with van der Waals surface area (Å²) in [5.41, 5.74) is 0. The molecule has 0 spiro atoms. The van der Waals surface area contributed by atoms with E-state index in [0.717, 1.165) is 12.8 Å². The quantitative estimate of drug-likeness (QED) is 0.295. The van der Waals surface area contributed by atoms with Gasteiger partial charge >= 0.3 is 5.97 Å². The first kappa shape index (κ1) is 25.9. The zero-order valence-corrected chi connectivity index (χ0v) is 17.5. The van der Waals surface area contributed by atoms with Gasteiger partial charge in [-0.3, -0.25) is 14.5 Å². The highest BCUT2D eigenvalue weighted by Gasteiger charge is 2.19. The number of aliphatic hydroxyl groups excluding tert-OH is 1. The third-order valence-corrected chi connectivity index (χ3v) is 5.02. The number of carboxylic acids is 1. The molecule has 0 aromatic heterocycles. The normalized spacial score (nSPS) is 12.3. The summed E-state index contributed by atoms with van der Waals surface area (Å²) in [4.78, 5) is 24.5. The second-order valence-electron chi connectivity index (χ2n) is 7.41. The van der Waals surface area contributed by atoms with Gasteiger partial charge in [-0.25, -0.2) is 0 Å². The Balaban J connectivity index is 3.56. The summed E-state index contributed by atoms with van der Waals surface area (Å²) in [6.07, 6.45) is 14.4. The van der Waals surface area contributed by atoms with Crippen molar-refractivity contribution in [3.63, 3.8) is 0 Å². The number of rotatable bonds is 19. The summed E-state index contributed by atoms with van der Waals surface area (Å²) in [7, 11) is 0. The second-order valence-corrected chi connectivity index (χ2v) is 7.41. The average molecular weight is 387 g/mol. The van der Waals surface area contributed by atoms with E-state index >= 15 is 0 Å². The predicted octanol–water partition coefficient (Wildman–Crippen LogP) is 3.57. The first-order valence-electron chi connectivity index (χ1n) is 10.9. The number of carboxylic acid groups (broad SMARTS) is 1. The van der Waals surface area contributed by atoms with Crippen LogP contribution < -0.4 is 5.32 Å². The van der Waals surface area contributed by atoms with Crippen molar-refractivity contribution in [3.8, 4) is 0 Å². The van der Waals surface area contributed by atoms with Crippen molar-refractivity contribution in [2.75, 3.05) is 26.2 Å². The summed E-state index contributed by atoms with van der Waals surface area (Å²) < 4.78 is 0. The summed E-state index contributed by atoms with van der Waals surface area (Å²) in [6.45, 7) is 4.87. The molecule has 1 atom stereocenters. The Kier molecular flexibility index (Phi) is 17.5. The Morgan fingerprint density at radius 3 is 1.89 bits per heavy atom. The summed E-state index contributed by atoms with van der Waals surface area (Å²) in [5.74, 6) is -0.895. The maximum atomic E-state index is 11.9. The van der Waals surface area contributed by atoms with Gasteiger partial charge in [0, 0.05) is 26.1 Å². The average Bonchev–Trinajstić information content (AvgIpc) is 2.64. The lowest BCUT2D eigenvalue weighted by molar-refractivity contribution is -0.142. The molecule has 0 aliphatic carbocycles. The van der Waals surface area contributed by atoms with Crippen molar-refractivity contribution in [2.45, 2.75) is 96.9 Å². The van der Waals surface area contributed by atoms with E-state index in [2.05, 4.69) is 12.2 Å². The van der Waals surface area contributed by atoms with Crippen LogP contribution in [0, 0.1) is 0 Å². The SMILES string of the molecule is CCCCCCCCCCCCCC(=O)NCCN(CCO)C(C)C(=O)O. The minimum Gasteiger partial charge on any atom is -0.480 e. The van der Waals surface area contributed by atoms with E-state index in [1.54, 1.807) is 11.8 Å². The minimum atomic E-state index is -0.921. The highest BCUT2D eigenvalue weighted by molar-refractivity contribution is 5.75. The van der Waals surface area contributed by atoms with Gasteiger partial charge in [-0.1, -0.05) is 71.1 Å². The molecule has 6 heteroatoms. The van der Waals surface area contributed by atoms with E-state index in [1.807, 2.05) is 0 Å². The van der Waals surface area contributed by atoms with Crippen LogP contribution in [0.3, 0.4) is 0 Å². The van der Waals surface area contributed by atoms with Crippen molar-refractivity contribution < 1.29 is 19.8 Å². The van der Waals surface area contributed by atoms with Crippen molar-refractivity contribution in [1.82, 2.24) is 10.2 Å². The standard InChI is InChI=1S/C21H42N2O4/c1-3-4-5-6-7-8-9-10-11-12-13-14-20(25)22-15-16-23(17-18-24)19(2)21(26)27/h19,24H,3-18H2,1-2H3,(H,22,25)(H,26,27). The van der Waals surface area contributed by atoms with Crippen molar-refractivity contribution in [2.24, 2.45) is 0 Å². The molecule has 0 aromatic rings. The lowest BCUT2D eigenvalue weighted by Gasteiger charge is -2.25. The number of unbranched alkanes of at least 4 members (excludes halogenated alkanes) is 10. The van der Waals surface area contributed by atoms with Gasteiger partial charge in [-0.2, -0.15) is 0 Å². The molecule has 0 bridgehead atoms. The number of nitrogens with one attached hydrogen (secondary N) is 1. The van der Waals surface area contributed by atoms with Gasteiger partial charge in [0.05, 0.1) is 6.61 Å². The number of carbonyl (C=O) groups is 2. The molecular weight excluding hydrogens is 344 g/mol. The van der Waals surface area contributed by atoms with Gasteiger partial charge in [0.1, 0.15) is 6.04 Å². The topological polar surface area (TPSA) is 89.9 Å². The molecule has 27 heavy (non-hydrogen) atoms. The Labute approximate surface area is 165 Å². The number of amides is 1. The number of aliphatic hydroxyl groups is 1. The monoisotopic (exact) mass is 386 g/mol. The fourth-order valence-electron chi connectivity index (χ4n) is 3.16. The zero-order chi connectivity index (χ0) is 20.3. The van der Waals surface area contributed by atoms with E-state index < -0.39 is 12.0 Å². The number of carbonyl (C=O) groups excluding carboxylic acids is 1. The first-order valence-corrected chi connectivity index (χ1v) is 10.9. The molecule has 0 aliphatic rings. The Hall–Kier alpha value is -1.14. The van der Waals surface area contributed by atoms with Crippen molar-refractivity contribution in [1.29, 1.82) is 0 Å². The molecular formula is C21H42N2O4.